The van der Waals surface area contributed by atoms with E-state index in [1.54, 1.807) is 6.08 Å². The van der Waals surface area contributed by atoms with Crippen LogP contribution in [0.5, 0.6) is 0 Å². The molecule has 0 aromatic heterocycles. The van der Waals surface area contributed by atoms with Crippen molar-refractivity contribution in [1.82, 2.24) is 5.32 Å². The lowest BCUT2D eigenvalue weighted by molar-refractivity contribution is -0.148. The van der Waals surface area contributed by atoms with E-state index >= 15 is 0 Å². The van der Waals surface area contributed by atoms with Gasteiger partial charge in [-0.1, -0.05) is 248 Å². The molecule has 6 nitrogen and oxygen atoms in total. The van der Waals surface area contributed by atoms with Crippen molar-refractivity contribution < 1.29 is 24.5 Å². The van der Waals surface area contributed by atoms with Crippen molar-refractivity contribution >= 4 is 11.9 Å². The van der Waals surface area contributed by atoms with Gasteiger partial charge in [0.2, 0.25) is 5.91 Å². The van der Waals surface area contributed by atoms with Gasteiger partial charge in [-0.25, -0.2) is 0 Å². The molecule has 62 heavy (non-hydrogen) atoms. The first-order valence-corrected chi connectivity index (χ1v) is 26.2. The normalized spacial score (nSPS) is 13.8. The second-order valence-electron chi connectivity index (χ2n) is 17.6. The summed E-state index contributed by atoms with van der Waals surface area (Å²) in [5, 5.41) is 23.7. The Hall–Kier alpha value is -2.70. The number of amides is 1. The maximum absolute atomic E-state index is 13.2. The van der Waals surface area contributed by atoms with E-state index in [-0.39, 0.29) is 24.9 Å². The molecule has 0 bridgehead atoms. The molecule has 0 saturated carbocycles. The number of ether oxygens (including phenoxy) is 1. The summed E-state index contributed by atoms with van der Waals surface area (Å²) in [5.74, 6) is -0.628. The van der Waals surface area contributed by atoms with Crippen LogP contribution in [-0.4, -0.2) is 46.9 Å². The molecule has 3 atom stereocenters. The Labute approximate surface area is 383 Å². The first-order valence-electron chi connectivity index (χ1n) is 26.2. The van der Waals surface area contributed by atoms with E-state index in [4.69, 9.17) is 4.74 Å². The summed E-state index contributed by atoms with van der Waals surface area (Å²) < 4.78 is 5.82. The third-order valence-corrected chi connectivity index (χ3v) is 11.5. The van der Waals surface area contributed by atoms with Gasteiger partial charge in [-0.2, -0.15) is 0 Å². The van der Waals surface area contributed by atoms with E-state index in [9.17, 15) is 19.8 Å². The van der Waals surface area contributed by atoms with Crippen LogP contribution in [0.15, 0.2) is 72.9 Å². The van der Waals surface area contributed by atoms with Crippen molar-refractivity contribution in [3.05, 3.63) is 72.9 Å². The SMILES string of the molecule is CC/C=C\C/C=C\C/C=C\C/C=C\C/C=C\C/C=C\C(CC(=O)NC(CO)C(O)CCCCCCCCCCCCCCCCC)OC(=O)CCCCCCCCCCCCC. The van der Waals surface area contributed by atoms with Gasteiger partial charge in [-0.05, 0) is 57.4 Å². The predicted molar refractivity (Wildman–Crippen MR) is 268 cm³/mol. The molecule has 0 fully saturated rings. The highest BCUT2D eigenvalue weighted by Crippen LogP contribution is 2.16. The lowest BCUT2D eigenvalue weighted by atomic mass is 10.0. The topological polar surface area (TPSA) is 95.9 Å². The number of unbranched alkanes of at least 4 members (excludes halogenated alkanes) is 24. The Kier molecular flexibility index (Phi) is 47.2. The number of hydrogen-bond donors (Lipinski definition) is 3. The Balaban J connectivity index is 4.72. The maximum Gasteiger partial charge on any atom is 0.306 e. The fourth-order valence-electron chi connectivity index (χ4n) is 7.60. The van der Waals surface area contributed by atoms with Crippen LogP contribution in [0, 0.1) is 0 Å². The van der Waals surface area contributed by atoms with Crippen molar-refractivity contribution in [3.8, 4) is 0 Å². The van der Waals surface area contributed by atoms with Crippen molar-refractivity contribution in [3.63, 3.8) is 0 Å². The average molecular weight is 866 g/mol. The summed E-state index contributed by atoms with van der Waals surface area (Å²) in [6.45, 7) is 6.33. The first kappa shape index (κ1) is 59.3. The van der Waals surface area contributed by atoms with Crippen LogP contribution >= 0.6 is 0 Å². The van der Waals surface area contributed by atoms with E-state index in [0.717, 1.165) is 70.6 Å². The Morgan fingerprint density at radius 3 is 1.23 bits per heavy atom. The number of aliphatic hydroxyl groups excluding tert-OH is 2. The highest BCUT2D eigenvalue weighted by atomic mass is 16.5. The molecule has 3 N–H and O–H groups in total. The summed E-state index contributed by atoms with van der Waals surface area (Å²) >= 11 is 0. The minimum atomic E-state index is -0.821. The molecular formula is C56H99NO5. The molecule has 0 aliphatic carbocycles. The third-order valence-electron chi connectivity index (χ3n) is 11.5. The molecular weight excluding hydrogens is 767 g/mol. The number of esters is 1. The zero-order chi connectivity index (χ0) is 45.2. The van der Waals surface area contributed by atoms with Gasteiger partial charge < -0.3 is 20.3 Å². The van der Waals surface area contributed by atoms with Gasteiger partial charge in [-0.15, -0.1) is 0 Å². The van der Waals surface area contributed by atoms with Gasteiger partial charge in [-0.3, -0.25) is 9.59 Å². The van der Waals surface area contributed by atoms with Gasteiger partial charge in [0.05, 0.1) is 25.2 Å². The molecule has 0 aromatic carbocycles. The summed E-state index contributed by atoms with van der Waals surface area (Å²) in [5.41, 5.74) is 0. The van der Waals surface area contributed by atoms with Gasteiger partial charge in [0.1, 0.15) is 6.10 Å². The Morgan fingerprint density at radius 1 is 0.484 bits per heavy atom. The zero-order valence-electron chi connectivity index (χ0n) is 40.7. The van der Waals surface area contributed by atoms with E-state index < -0.39 is 18.2 Å². The monoisotopic (exact) mass is 866 g/mol. The molecule has 358 valence electrons. The molecule has 0 radical (unpaired) electrons. The predicted octanol–water partition coefficient (Wildman–Crippen LogP) is 15.8. The molecule has 0 aromatic rings. The summed E-state index contributed by atoms with van der Waals surface area (Å²) in [6, 6.07) is -0.743. The van der Waals surface area contributed by atoms with Crippen molar-refractivity contribution in [2.75, 3.05) is 6.61 Å². The van der Waals surface area contributed by atoms with Crippen LogP contribution in [0.2, 0.25) is 0 Å². The van der Waals surface area contributed by atoms with Gasteiger partial charge in [0.25, 0.3) is 0 Å². The van der Waals surface area contributed by atoms with Crippen molar-refractivity contribution in [2.45, 2.75) is 264 Å². The third kappa shape index (κ3) is 43.9. The molecule has 6 heteroatoms. The number of hydrogen-bond acceptors (Lipinski definition) is 5. The summed E-state index contributed by atoms with van der Waals surface area (Å²) in [4.78, 5) is 26.1. The molecule has 1 amide bonds. The maximum atomic E-state index is 13.2. The van der Waals surface area contributed by atoms with Crippen LogP contribution in [-0.2, 0) is 14.3 Å². The Bertz CT molecular complexity index is 1150. The van der Waals surface area contributed by atoms with Crippen LogP contribution in [0.1, 0.15) is 245 Å². The number of allylic oxidation sites excluding steroid dienone is 11. The molecule has 3 unspecified atom stereocenters. The van der Waals surface area contributed by atoms with Crippen LogP contribution in [0.3, 0.4) is 0 Å². The standard InChI is InChI=1S/C56H99NO5/c1-4-7-10-13-16-19-22-24-26-27-29-30-33-35-38-41-44-47-52(62-56(61)49-46-43-40-37-32-21-18-15-12-9-6-3)50-55(60)57-53(51-58)54(59)48-45-42-39-36-34-31-28-25-23-20-17-14-11-8-5-2/h7,10,16,19,24,26,29-30,35,38,44,47,52-54,58-59H,4-6,8-9,11-15,17-18,20-23,25,27-28,31-34,36-37,39-43,45-46,48-51H2,1-3H3,(H,57,60)/b10-7-,19-16-,26-24-,30-29-,38-35-,47-44-. The minimum absolute atomic E-state index is 0.0473. The largest absolute Gasteiger partial charge is 0.458 e. The molecule has 0 rings (SSSR count). The van der Waals surface area contributed by atoms with Crippen LogP contribution < -0.4 is 5.32 Å². The second kappa shape index (κ2) is 49.3. The number of nitrogens with one attached hydrogen (secondary N) is 1. The van der Waals surface area contributed by atoms with Gasteiger partial charge in [0, 0.05) is 6.42 Å². The smallest absolute Gasteiger partial charge is 0.306 e. The quantitative estimate of drug-likeness (QED) is 0.0322. The molecule has 0 heterocycles. The van der Waals surface area contributed by atoms with Gasteiger partial charge >= 0.3 is 5.97 Å². The Morgan fingerprint density at radius 2 is 0.839 bits per heavy atom. The van der Waals surface area contributed by atoms with E-state index in [0.29, 0.717) is 19.3 Å². The number of rotatable bonds is 46. The average Bonchev–Trinajstić information content (AvgIpc) is 3.26. The van der Waals surface area contributed by atoms with Crippen LogP contribution in [0.25, 0.3) is 0 Å². The number of carbonyl (C=O) groups is 2. The summed E-state index contributed by atoms with van der Waals surface area (Å²) in [6.07, 6.45) is 62.8. The van der Waals surface area contributed by atoms with E-state index in [1.165, 1.54) is 128 Å². The number of carbonyl (C=O) groups excluding carboxylic acids is 2. The number of aliphatic hydroxyl groups is 2. The van der Waals surface area contributed by atoms with Gasteiger partial charge in [0.15, 0.2) is 0 Å². The lowest BCUT2D eigenvalue weighted by Gasteiger charge is -2.23. The minimum Gasteiger partial charge on any atom is -0.458 e. The van der Waals surface area contributed by atoms with Crippen molar-refractivity contribution in [1.29, 1.82) is 0 Å². The zero-order valence-corrected chi connectivity index (χ0v) is 40.7. The van der Waals surface area contributed by atoms with E-state index in [1.807, 2.05) is 6.08 Å². The molecule has 0 spiro atoms. The van der Waals surface area contributed by atoms with Crippen LogP contribution in [0.4, 0.5) is 0 Å². The second-order valence-corrected chi connectivity index (χ2v) is 17.6. The first-order chi connectivity index (χ1) is 30.5. The lowest BCUT2D eigenvalue weighted by Crippen LogP contribution is -2.46. The van der Waals surface area contributed by atoms with Crippen molar-refractivity contribution in [2.24, 2.45) is 0 Å². The highest BCUT2D eigenvalue weighted by molar-refractivity contribution is 5.78. The fraction of sp³-hybridized carbons (Fsp3) is 0.750. The molecule has 0 aliphatic heterocycles. The fourth-order valence-corrected chi connectivity index (χ4v) is 7.60. The molecule has 0 aliphatic rings. The van der Waals surface area contributed by atoms with E-state index in [2.05, 4.69) is 86.8 Å². The highest BCUT2D eigenvalue weighted by Gasteiger charge is 2.23. The summed E-state index contributed by atoms with van der Waals surface area (Å²) in [7, 11) is 0. The molecule has 0 saturated heterocycles.